The third-order valence-electron chi connectivity index (χ3n) is 5.56. The number of aliphatic imine (C=N–C) groups is 1. The van der Waals surface area contributed by atoms with Gasteiger partial charge in [0.2, 0.25) is 5.72 Å². The van der Waals surface area contributed by atoms with Crippen LogP contribution < -0.4 is 28.7 Å². The molecule has 4 atom stereocenters. The Kier molecular flexibility index (Phi) is 10.1. The largest absolute Gasteiger partial charge is 0.478 e. The molecule has 33 heavy (non-hydrogen) atoms. The number of benzene rings is 1. The van der Waals surface area contributed by atoms with E-state index in [1.165, 1.54) is 0 Å². The second-order valence-corrected chi connectivity index (χ2v) is 8.61. The fourth-order valence-corrected chi connectivity index (χ4v) is 3.92. The van der Waals surface area contributed by atoms with E-state index in [9.17, 15) is 24.6 Å². The topological polar surface area (TPSA) is 234 Å². The Balaban J connectivity index is 3.50. The zero-order chi connectivity index (χ0) is 25.4. The Morgan fingerprint density at radius 2 is 1.67 bits per heavy atom. The SMILES string of the molecule is CC(C)CC(N)C(=O)C(C(=O)CCCc1ccccc1)(C(N)CN=C(N)N)C(N)(O)C(=O)O. The molecule has 1 rings (SSSR count). The predicted octanol–water partition coefficient (Wildman–Crippen LogP) is -1.16. The lowest BCUT2D eigenvalue weighted by molar-refractivity contribution is -0.186. The first kappa shape index (κ1) is 28.2. The molecule has 1 aromatic carbocycles. The number of carbonyl (C=O) groups is 3. The Morgan fingerprint density at radius 1 is 1.09 bits per heavy atom. The number of rotatable bonds is 14. The first-order valence-corrected chi connectivity index (χ1v) is 10.7. The monoisotopic (exact) mass is 464 g/mol. The second-order valence-electron chi connectivity index (χ2n) is 8.61. The molecule has 1 aromatic rings. The number of carboxylic acid groups (broad SMARTS) is 1. The van der Waals surface area contributed by atoms with Crippen LogP contribution in [0, 0.1) is 11.3 Å². The van der Waals surface area contributed by atoms with Crippen LogP contribution in [0.1, 0.15) is 38.7 Å². The average Bonchev–Trinajstić information content (AvgIpc) is 2.72. The van der Waals surface area contributed by atoms with Gasteiger partial charge in [-0.25, -0.2) is 4.79 Å². The van der Waals surface area contributed by atoms with Crippen molar-refractivity contribution in [2.75, 3.05) is 6.54 Å². The Bertz CT molecular complexity index is 854. The molecule has 0 spiro atoms. The first-order valence-electron chi connectivity index (χ1n) is 10.7. The molecule has 11 nitrogen and oxygen atoms in total. The van der Waals surface area contributed by atoms with E-state index in [4.69, 9.17) is 28.7 Å². The minimum absolute atomic E-state index is 0.0699. The van der Waals surface area contributed by atoms with Crippen molar-refractivity contribution in [1.29, 1.82) is 0 Å². The van der Waals surface area contributed by atoms with E-state index in [1.54, 1.807) is 13.8 Å². The molecule has 0 aromatic heterocycles. The quantitative estimate of drug-likeness (QED) is 0.0754. The summed E-state index contributed by atoms with van der Waals surface area (Å²) in [5, 5.41) is 20.6. The number of nitrogens with zero attached hydrogens (tertiary/aromatic N) is 1. The molecule has 0 aliphatic rings. The number of aliphatic hydroxyl groups is 1. The third kappa shape index (κ3) is 6.57. The van der Waals surface area contributed by atoms with Crippen LogP contribution in [-0.4, -0.2) is 58.1 Å². The number of carbonyl (C=O) groups excluding carboxylic acids is 2. The minimum Gasteiger partial charge on any atom is -0.478 e. The van der Waals surface area contributed by atoms with Crippen molar-refractivity contribution in [2.45, 2.75) is 57.3 Å². The number of hydrogen-bond donors (Lipinski definition) is 7. The van der Waals surface area contributed by atoms with Gasteiger partial charge < -0.3 is 33.1 Å². The van der Waals surface area contributed by atoms with Gasteiger partial charge >= 0.3 is 5.97 Å². The lowest BCUT2D eigenvalue weighted by Crippen LogP contribution is -2.76. The maximum atomic E-state index is 13.6. The maximum Gasteiger partial charge on any atom is 0.352 e. The van der Waals surface area contributed by atoms with Gasteiger partial charge in [0.1, 0.15) is 0 Å². The number of guanidine groups is 1. The first-order chi connectivity index (χ1) is 15.3. The molecule has 0 saturated heterocycles. The fourth-order valence-electron chi connectivity index (χ4n) is 3.92. The molecule has 0 bridgehead atoms. The van der Waals surface area contributed by atoms with Crippen LogP contribution in [0.4, 0.5) is 0 Å². The zero-order valence-electron chi connectivity index (χ0n) is 19.1. The summed E-state index contributed by atoms with van der Waals surface area (Å²) in [4.78, 5) is 42.8. The normalized spacial score (nSPS) is 16.8. The smallest absolute Gasteiger partial charge is 0.352 e. The van der Waals surface area contributed by atoms with Crippen LogP contribution in [0.5, 0.6) is 0 Å². The highest BCUT2D eigenvalue weighted by Crippen LogP contribution is 2.38. The van der Waals surface area contributed by atoms with Crippen molar-refractivity contribution in [2.24, 2.45) is 45.0 Å². The average molecular weight is 465 g/mol. The maximum absolute atomic E-state index is 13.6. The molecule has 0 fully saturated rings. The van der Waals surface area contributed by atoms with E-state index in [2.05, 4.69) is 4.99 Å². The molecule has 0 aliphatic carbocycles. The van der Waals surface area contributed by atoms with E-state index in [-0.39, 0.29) is 25.2 Å². The zero-order valence-corrected chi connectivity index (χ0v) is 19.1. The summed E-state index contributed by atoms with van der Waals surface area (Å²) in [6.45, 7) is 3.06. The summed E-state index contributed by atoms with van der Waals surface area (Å²) in [7, 11) is 0. The molecule has 0 saturated carbocycles. The van der Waals surface area contributed by atoms with Crippen molar-refractivity contribution < 1.29 is 24.6 Å². The van der Waals surface area contributed by atoms with Gasteiger partial charge in [-0.1, -0.05) is 44.2 Å². The summed E-state index contributed by atoms with van der Waals surface area (Å²) in [6.07, 6.45) is 0.552. The van der Waals surface area contributed by atoms with E-state index >= 15 is 0 Å². The Hall–Kier alpha value is -2.86. The van der Waals surface area contributed by atoms with Crippen LogP contribution in [0.2, 0.25) is 0 Å². The van der Waals surface area contributed by atoms with Crippen LogP contribution in [0.25, 0.3) is 0 Å². The number of aryl methyl sites for hydroxylation is 1. The highest BCUT2D eigenvalue weighted by molar-refractivity contribution is 6.14. The molecular weight excluding hydrogens is 428 g/mol. The van der Waals surface area contributed by atoms with Gasteiger partial charge in [0.15, 0.2) is 22.9 Å². The van der Waals surface area contributed by atoms with E-state index in [1.807, 2.05) is 30.3 Å². The second kappa shape index (κ2) is 11.8. The van der Waals surface area contributed by atoms with Crippen molar-refractivity contribution in [3.8, 4) is 0 Å². The number of hydrogen-bond acceptors (Lipinski definition) is 8. The van der Waals surface area contributed by atoms with Crippen molar-refractivity contribution in [3.05, 3.63) is 35.9 Å². The van der Waals surface area contributed by atoms with Crippen molar-refractivity contribution >= 4 is 23.5 Å². The molecule has 11 heteroatoms. The van der Waals surface area contributed by atoms with Crippen LogP contribution >= 0.6 is 0 Å². The summed E-state index contributed by atoms with van der Waals surface area (Å²) in [5.41, 5.74) is 23.5. The van der Waals surface area contributed by atoms with Crippen molar-refractivity contribution in [1.82, 2.24) is 0 Å². The van der Waals surface area contributed by atoms with Gasteiger partial charge in [0.25, 0.3) is 0 Å². The molecule has 0 radical (unpaired) electrons. The standard InChI is InChI=1S/C22H36N6O5/c1-13(2)11-15(23)18(30)21(22(27,33)19(31)32,16(24)12-28-20(25)26)17(29)10-6-9-14-7-4-3-5-8-14/h3-5,7-8,13,15-16,33H,6,9-12,23-24,27H2,1-2H3,(H,31,32)(H4,25,26,28). The van der Waals surface area contributed by atoms with Crippen LogP contribution in [0.15, 0.2) is 35.3 Å². The minimum atomic E-state index is -3.35. The third-order valence-corrected chi connectivity index (χ3v) is 5.56. The van der Waals surface area contributed by atoms with E-state index < -0.39 is 53.3 Å². The number of aliphatic carboxylic acids is 1. The number of Topliss-reactive ketones (excluding diaryl/α,β-unsaturated/α-hetero) is 2. The van der Waals surface area contributed by atoms with Crippen molar-refractivity contribution in [3.63, 3.8) is 0 Å². The lowest BCUT2D eigenvalue weighted by atomic mass is 9.62. The van der Waals surface area contributed by atoms with Gasteiger partial charge in [-0.15, -0.1) is 0 Å². The van der Waals surface area contributed by atoms with Crippen LogP contribution in [0.3, 0.4) is 0 Å². The van der Waals surface area contributed by atoms with E-state index in [0.29, 0.717) is 6.42 Å². The molecule has 184 valence electrons. The predicted molar refractivity (Wildman–Crippen MR) is 125 cm³/mol. The van der Waals surface area contributed by atoms with Gasteiger partial charge in [-0.3, -0.25) is 20.3 Å². The van der Waals surface area contributed by atoms with Gasteiger partial charge in [-0.05, 0) is 30.7 Å². The molecule has 0 amide bonds. The van der Waals surface area contributed by atoms with E-state index in [0.717, 1.165) is 5.56 Å². The summed E-state index contributed by atoms with van der Waals surface area (Å²) in [5.74, 6) is -4.46. The van der Waals surface area contributed by atoms with Gasteiger partial charge in [-0.2, -0.15) is 0 Å². The van der Waals surface area contributed by atoms with Crippen LogP contribution in [-0.2, 0) is 20.8 Å². The Morgan fingerprint density at radius 3 is 2.15 bits per heavy atom. The number of carboxylic acids is 1. The molecular formula is C22H36N6O5. The molecule has 0 heterocycles. The van der Waals surface area contributed by atoms with Gasteiger partial charge in [0.05, 0.1) is 12.6 Å². The molecule has 12 N–H and O–H groups in total. The number of nitrogens with two attached hydrogens (primary N) is 5. The summed E-state index contributed by atoms with van der Waals surface area (Å²) in [6, 6.07) is 6.29. The molecule has 0 aliphatic heterocycles. The molecule has 4 unspecified atom stereocenters. The summed E-state index contributed by atoms with van der Waals surface area (Å²) >= 11 is 0. The fraction of sp³-hybridized carbons (Fsp3) is 0.545. The highest BCUT2D eigenvalue weighted by Gasteiger charge is 2.66. The highest BCUT2D eigenvalue weighted by atomic mass is 16.4. The lowest BCUT2D eigenvalue weighted by Gasteiger charge is -2.44. The summed E-state index contributed by atoms with van der Waals surface area (Å²) < 4.78 is 0. The number of ketones is 2. The van der Waals surface area contributed by atoms with Gasteiger partial charge in [0, 0.05) is 12.5 Å². The Labute approximate surface area is 193 Å².